The van der Waals surface area contributed by atoms with E-state index in [4.69, 9.17) is 4.74 Å². The summed E-state index contributed by atoms with van der Waals surface area (Å²) in [5, 5.41) is 11.6. The van der Waals surface area contributed by atoms with Crippen molar-refractivity contribution in [3.63, 3.8) is 0 Å². The maximum absolute atomic E-state index is 11.6. The highest BCUT2D eigenvalue weighted by Crippen LogP contribution is 2.46. The fraction of sp³-hybridized carbons (Fsp3) is 0.957. The Bertz CT molecular complexity index is 315. The Morgan fingerprint density at radius 2 is 1.16 bits per heavy atom. The van der Waals surface area contributed by atoms with Crippen molar-refractivity contribution < 1.29 is 9.84 Å². The normalized spacial score (nSPS) is 28.1. The van der Waals surface area contributed by atoms with Crippen LogP contribution in [0.15, 0.2) is 0 Å². The van der Waals surface area contributed by atoms with E-state index in [9.17, 15) is 5.11 Å². The minimum absolute atomic E-state index is 0.275. The molecular weight excluding hydrogens is 308 g/mol. The SMILES string of the molecule is [CH2]CCCCCCCCCCCCCCCOC1CC2CC1CC2[O]. The molecule has 0 N–H and O–H groups in total. The van der Waals surface area contributed by atoms with Crippen LogP contribution in [0.1, 0.15) is 109 Å². The van der Waals surface area contributed by atoms with E-state index in [-0.39, 0.29) is 6.10 Å². The summed E-state index contributed by atoms with van der Waals surface area (Å²) in [5.41, 5.74) is 0. The molecule has 2 radical (unpaired) electrons. The van der Waals surface area contributed by atoms with E-state index in [2.05, 4.69) is 6.92 Å². The third kappa shape index (κ3) is 8.43. The molecule has 2 rings (SSSR count). The lowest BCUT2D eigenvalue weighted by atomic mass is 9.95. The van der Waals surface area contributed by atoms with Gasteiger partial charge in [-0.25, -0.2) is 5.11 Å². The topological polar surface area (TPSA) is 29.1 Å². The fourth-order valence-electron chi connectivity index (χ4n) is 4.83. The lowest BCUT2D eigenvalue weighted by Crippen LogP contribution is -2.27. The zero-order valence-electron chi connectivity index (χ0n) is 16.6. The summed E-state index contributed by atoms with van der Waals surface area (Å²) >= 11 is 0. The standard InChI is InChI=1S/C23H42O2/c1-2-3-4-5-6-7-8-9-10-11-12-13-14-15-16-25-23-19-20-17-21(23)18-22(20)24/h20-23H,1-19H2. The van der Waals surface area contributed by atoms with Gasteiger partial charge >= 0.3 is 0 Å². The second-order valence-electron chi connectivity index (χ2n) is 8.62. The Balaban J connectivity index is 1.26. The third-order valence-electron chi connectivity index (χ3n) is 6.45. The Morgan fingerprint density at radius 3 is 1.60 bits per heavy atom. The zero-order valence-corrected chi connectivity index (χ0v) is 16.6. The molecule has 25 heavy (non-hydrogen) atoms. The van der Waals surface area contributed by atoms with Gasteiger partial charge in [0.1, 0.15) is 0 Å². The summed E-state index contributed by atoms with van der Waals surface area (Å²) in [6.45, 7) is 4.82. The number of hydrogen-bond acceptors (Lipinski definition) is 1. The quantitative estimate of drug-likeness (QED) is 0.278. The number of rotatable bonds is 16. The second kappa shape index (κ2) is 13.1. The van der Waals surface area contributed by atoms with Crippen LogP contribution in [-0.2, 0) is 9.84 Å². The highest BCUT2D eigenvalue weighted by atomic mass is 16.5. The molecule has 4 unspecified atom stereocenters. The molecule has 4 atom stereocenters. The van der Waals surface area contributed by atoms with Gasteiger partial charge < -0.3 is 4.74 Å². The molecular formula is C23H42O2. The van der Waals surface area contributed by atoms with E-state index in [0.29, 0.717) is 17.9 Å². The molecule has 2 aliphatic rings. The molecule has 2 bridgehead atoms. The summed E-state index contributed by atoms with van der Waals surface area (Å²) in [4.78, 5) is 0. The van der Waals surface area contributed by atoms with Crippen molar-refractivity contribution in [3.8, 4) is 0 Å². The van der Waals surface area contributed by atoms with Crippen molar-refractivity contribution >= 4 is 0 Å². The van der Waals surface area contributed by atoms with E-state index >= 15 is 0 Å². The Hall–Kier alpha value is -0.0800. The lowest BCUT2D eigenvalue weighted by Gasteiger charge is -2.24. The lowest BCUT2D eigenvalue weighted by molar-refractivity contribution is -0.0317. The second-order valence-corrected chi connectivity index (χ2v) is 8.62. The van der Waals surface area contributed by atoms with Gasteiger partial charge in [0.15, 0.2) is 0 Å². The first-order chi connectivity index (χ1) is 12.3. The highest BCUT2D eigenvalue weighted by molar-refractivity contribution is 4.95. The number of hydrogen-bond donors (Lipinski definition) is 0. The summed E-state index contributed by atoms with van der Waals surface area (Å²) < 4.78 is 6.05. The van der Waals surface area contributed by atoms with Crippen molar-refractivity contribution in [2.45, 2.75) is 121 Å². The van der Waals surface area contributed by atoms with Crippen LogP contribution in [0.25, 0.3) is 0 Å². The molecule has 0 saturated heterocycles. The molecule has 0 aromatic heterocycles. The first kappa shape index (κ1) is 21.2. The van der Waals surface area contributed by atoms with Crippen LogP contribution >= 0.6 is 0 Å². The van der Waals surface area contributed by atoms with E-state index in [1.54, 1.807) is 0 Å². The monoisotopic (exact) mass is 350 g/mol. The van der Waals surface area contributed by atoms with Gasteiger partial charge in [0.05, 0.1) is 12.2 Å². The summed E-state index contributed by atoms with van der Waals surface area (Å²) in [6.07, 6.45) is 22.3. The van der Waals surface area contributed by atoms with Crippen LogP contribution in [0.5, 0.6) is 0 Å². The molecule has 0 heterocycles. The molecule has 2 aliphatic carbocycles. The van der Waals surface area contributed by atoms with Gasteiger partial charge in [-0.15, -0.1) is 0 Å². The van der Waals surface area contributed by atoms with Crippen LogP contribution in [0.2, 0.25) is 0 Å². The van der Waals surface area contributed by atoms with Crippen molar-refractivity contribution in [1.82, 2.24) is 0 Å². The van der Waals surface area contributed by atoms with Crippen LogP contribution in [0, 0.1) is 18.8 Å². The summed E-state index contributed by atoms with van der Waals surface area (Å²) in [7, 11) is 0. The third-order valence-corrected chi connectivity index (χ3v) is 6.45. The van der Waals surface area contributed by atoms with E-state index in [1.165, 1.54) is 83.5 Å². The van der Waals surface area contributed by atoms with Gasteiger partial charge in [0, 0.05) is 6.61 Å². The average molecular weight is 351 g/mol. The Labute approximate surface area is 157 Å². The van der Waals surface area contributed by atoms with Gasteiger partial charge in [-0.1, -0.05) is 90.4 Å². The predicted molar refractivity (Wildman–Crippen MR) is 105 cm³/mol. The molecule has 0 amide bonds. The predicted octanol–water partition coefficient (Wildman–Crippen LogP) is 6.90. The van der Waals surface area contributed by atoms with E-state index < -0.39 is 0 Å². The largest absolute Gasteiger partial charge is 0.378 e. The molecule has 0 spiro atoms. The van der Waals surface area contributed by atoms with E-state index in [0.717, 1.165) is 32.3 Å². The van der Waals surface area contributed by atoms with Crippen molar-refractivity contribution in [2.75, 3.05) is 6.61 Å². The maximum atomic E-state index is 11.6. The maximum Gasteiger partial charge on any atom is 0.0962 e. The highest BCUT2D eigenvalue weighted by Gasteiger charge is 2.46. The molecule has 146 valence electrons. The van der Waals surface area contributed by atoms with Gasteiger partial charge in [-0.05, 0) is 37.5 Å². The molecule has 2 heteroatoms. The van der Waals surface area contributed by atoms with Crippen molar-refractivity contribution in [3.05, 3.63) is 6.92 Å². The van der Waals surface area contributed by atoms with Crippen LogP contribution in [-0.4, -0.2) is 18.8 Å². The smallest absolute Gasteiger partial charge is 0.0962 e. The minimum Gasteiger partial charge on any atom is -0.378 e. The van der Waals surface area contributed by atoms with Crippen LogP contribution < -0.4 is 0 Å². The number of unbranched alkanes of at least 4 members (excludes halogenated alkanes) is 13. The van der Waals surface area contributed by atoms with Crippen LogP contribution in [0.3, 0.4) is 0 Å². The first-order valence-corrected chi connectivity index (χ1v) is 11.4. The Morgan fingerprint density at radius 1 is 0.640 bits per heavy atom. The van der Waals surface area contributed by atoms with Gasteiger partial charge in [0.25, 0.3) is 0 Å². The van der Waals surface area contributed by atoms with Gasteiger partial charge in [0.2, 0.25) is 0 Å². The van der Waals surface area contributed by atoms with E-state index in [1.807, 2.05) is 0 Å². The first-order valence-electron chi connectivity index (χ1n) is 11.4. The number of ether oxygens (including phenoxy) is 1. The Kier molecular flexibility index (Phi) is 11.2. The van der Waals surface area contributed by atoms with Gasteiger partial charge in [-0.2, -0.15) is 0 Å². The summed E-state index contributed by atoms with van der Waals surface area (Å²) in [5.74, 6) is 1.03. The van der Waals surface area contributed by atoms with Crippen molar-refractivity contribution in [2.24, 2.45) is 11.8 Å². The molecule has 2 fully saturated rings. The summed E-state index contributed by atoms with van der Waals surface area (Å²) in [6, 6.07) is 0. The van der Waals surface area contributed by atoms with Crippen LogP contribution in [0.4, 0.5) is 0 Å². The zero-order chi connectivity index (χ0) is 17.7. The van der Waals surface area contributed by atoms with Gasteiger partial charge in [-0.3, -0.25) is 0 Å². The average Bonchev–Trinajstić information content (AvgIpc) is 3.17. The fourth-order valence-corrected chi connectivity index (χ4v) is 4.83. The number of fused-ring (bicyclic) bond motifs is 2. The molecule has 0 aromatic rings. The minimum atomic E-state index is -0.275. The molecule has 0 aliphatic heterocycles. The molecule has 2 saturated carbocycles. The molecule has 0 aromatic carbocycles. The van der Waals surface area contributed by atoms with Crippen molar-refractivity contribution in [1.29, 1.82) is 0 Å². The molecule has 2 nitrogen and oxygen atoms in total.